The molecule has 0 fully saturated rings. The maximum atomic E-state index is 5.60. The van der Waals surface area contributed by atoms with Crippen molar-refractivity contribution in [3.8, 4) is 0 Å². The van der Waals surface area contributed by atoms with Crippen LogP contribution in [0.25, 0.3) is 0 Å². The third-order valence-electron chi connectivity index (χ3n) is 2.63. The van der Waals surface area contributed by atoms with Crippen LogP contribution in [0.1, 0.15) is 52.3 Å². The molecule has 0 aliphatic carbocycles. The summed E-state index contributed by atoms with van der Waals surface area (Å²) in [5, 5.41) is 11.3. The molecule has 0 saturated heterocycles. The summed E-state index contributed by atoms with van der Waals surface area (Å²) < 4.78 is 5.60. The van der Waals surface area contributed by atoms with Crippen molar-refractivity contribution in [1.29, 1.82) is 0 Å². The Kier molecular flexibility index (Phi) is 4.27. The Morgan fingerprint density at radius 1 is 1.27 bits per heavy atom. The van der Waals surface area contributed by atoms with Crippen molar-refractivity contribution >= 4 is 0 Å². The molecule has 15 heavy (non-hydrogen) atoms. The summed E-state index contributed by atoms with van der Waals surface area (Å²) in [6.07, 6.45) is 2.11. The second-order valence-electron chi connectivity index (χ2n) is 4.42. The first-order valence-electron chi connectivity index (χ1n) is 5.63. The molecule has 1 N–H and O–H groups in total. The molecule has 0 radical (unpaired) electrons. The maximum Gasteiger partial charge on any atom is 0.230 e. The third-order valence-corrected chi connectivity index (χ3v) is 2.63. The van der Waals surface area contributed by atoms with Crippen molar-refractivity contribution in [2.75, 3.05) is 6.54 Å². The minimum Gasteiger partial charge on any atom is -0.423 e. The summed E-state index contributed by atoms with van der Waals surface area (Å²) in [4.78, 5) is 0. The van der Waals surface area contributed by atoms with Crippen molar-refractivity contribution < 1.29 is 4.42 Å². The van der Waals surface area contributed by atoms with E-state index in [4.69, 9.17) is 4.42 Å². The molecule has 0 aliphatic rings. The van der Waals surface area contributed by atoms with Gasteiger partial charge in [-0.15, -0.1) is 10.2 Å². The summed E-state index contributed by atoms with van der Waals surface area (Å²) in [6, 6.07) is 0. The van der Waals surface area contributed by atoms with Gasteiger partial charge in [-0.2, -0.15) is 0 Å². The molecule has 0 atom stereocenters. The van der Waals surface area contributed by atoms with Crippen LogP contribution in [0.2, 0.25) is 0 Å². The topological polar surface area (TPSA) is 51.0 Å². The van der Waals surface area contributed by atoms with Crippen LogP contribution in [0, 0.1) is 0 Å². The molecule has 86 valence electrons. The number of nitrogens with one attached hydrogen (secondary N) is 1. The van der Waals surface area contributed by atoms with E-state index < -0.39 is 0 Å². The fraction of sp³-hybridized carbons (Fsp3) is 0.818. The molecule has 0 aliphatic heterocycles. The zero-order chi connectivity index (χ0) is 11.3. The Bertz CT molecular complexity index is 294. The SMILES string of the molecule is CCCNCc1nnc(C(C)(C)CC)o1. The molecule has 1 aromatic heterocycles. The van der Waals surface area contributed by atoms with E-state index in [0.29, 0.717) is 12.4 Å². The van der Waals surface area contributed by atoms with Crippen LogP contribution in [0.4, 0.5) is 0 Å². The Labute approximate surface area is 91.5 Å². The lowest BCUT2D eigenvalue weighted by molar-refractivity contribution is 0.339. The summed E-state index contributed by atoms with van der Waals surface area (Å²) in [6.45, 7) is 10.1. The largest absolute Gasteiger partial charge is 0.423 e. The minimum absolute atomic E-state index is 0.0179. The van der Waals surface area contributed by atoms with Crippen LogP contribution in [-0.4, -0.2) is 16.7 Å². The van der Waals surface area contributed by atoms with Gasteiger partial charge in [0.25, 0.3) is 0 Å². The number of rotatable bonds is 6. The molecule has 0 aromatic carbocycles. The summed E-state index contributed by atoms with van der Waals surface area (Å²) in [5.41, 5.74) is -0.0179. The predicted octanol–water partition coefficient (Wildman–Crippen LogP) is 2.26. The lowest BCUT2D eigenvalue weighted by atomic mass is 9.90. The van der Waals surface area contributed by atoms with E-state index in [1.54, 1.807) is 0 Å². The fourth-order valence-corrected chi connectivity index (χ4v) is 1.12. The quantitative estimate of drug-likeness (QED) is 0.733. The van der Waals surface area contributed by atoms with Crippen molar-refractivity contribution in [3.05, 3.63) is 11.8 Å². The smallest absolute Gasteiger partial charge is 0.230 e. The summed E-state index contributed by atoms with van der Waals surface area (Å²) in [7, 11) is 0. The van der Waals surface area contributed by atoms with Gasteiger partial charge < -0.3 is 9.73 Å². The summed E-state index contributed by atoms with van der Waals surface area (Å²) in [5.74, 6) is 1.42. The standard InChI is InChI=1S/C11H21N3O/c1-5-7-12-8-9-13-14-10(15-9)11(3,4)6-2/h12H,5-8H2,1-4H3. The Hall–Kier alpha value is -0.900. The van der Waals surface area contributed by atoms with Crippen LogP contribution in [0.3, 0.4) is 0 Å². The van der Waals surface area contributed by atoms with Crippen molar-refractivity contribution in [2.24, 2.45) is 0 Å². The molecule has 0 amide bonds. The first kappa shape index (κ1) is 12.2. The molecule has 1 aromatic rings. The highest BCUT2D eigenvalue weighted by Gasteiger charge is 2.24. The molecular weight excluding hydrogens is 190 g/mol. The zero-order valence-electron chi connectivity index (χ0n) is 10.1. The van der Waals surface area contributed by atoms with Crippen LogP contribution in [0.5, 0.6) is 0 Å². The molecule has 4 nitrogen and oxygen atoms in total. The number of nitrogens with zero attached hydrogens (tertiary/aromatic N) is 2. The van der Waals surface area contributed by atoms with Crippen LogP contribution in [0.15, 0.2) is 4.42 Å². The minimum atomic E-state index is -0.0179. The van der Waals surface area contributed by atoms with Gasteiger partial charge >= 0.3 is 0 Å². The second-order valence-corrected chi connectivity index (χ2v) is 4.42. The van der Waals surface area contributed by atoms with Gasteiger partial charge in [0.05, 0.1) is 6.54 Å². The van der Waals surface area contributed by atoms with Crippen molar-refractivity contribution in [1.82, 2.24) is 15.5 Å². The van der Waals surface area contributed by atoms with Gasteiger partial charge in [-0.05, 0) is 19.4 Å². The fourth-order valence-electron chi connectivity index (χ4n) is 1.12. The normalized spacial score (nSPS) is 12.0. The van der Waals surface area contributed by atoms with Gasteiger partial charge in [-0.3, -0.25) is 0 Å². The van der Waals surface area contributed by atoms with Gasteiger partial charge in [0.1, 0.15) is 0 Å². The monoisotopic (exact) mass is 211 g/mol. The molecule has 0 bridgehead atoms. The average molecular weight is 211 g/mol. The highest BCUT2D eigenvalue weighted by atomic mass is 16.4. The van der Waals surface area contributed by atoms with E-state index in [-0.39, 0.29) is 5.41 Å². The van der Waals surface area contributed by atoms with Crippen LogP contribution >= 0.6 is 0 Å². The number of hydrogen-bond acceptors (Lipinski definition) is 4. The number of hydrogen-bond donors (Lipinski definition) is 1. The van der Waals surface area contributed by atoms with Crippen LogP contribution in [-0.2, 0) is 12.0 Å². The van der Waals surface area contributed by atoms with E-state index in [9.17, 15) is 0 Å². The van der Waals surface area contributed by atoms with E-state index >= 15 is 0 Å². The molecule has 1 heterocycles. The molecule has 1 rings (SSSR count). The zero-order valence-corrected chi connectivity index (χ0v) is 10.1. The van der Waals surface area contributed by atoms with Gasteiger partial charge in [0, 0.05) is 5.41 Å². The second kappa shape index (κ2) is 5.26. The first-order chi connectivity index (χ1) is 7.10. The Morgan fingerprint density at radius 2 is 2.00 bits per heavy atom. The highest BCUT2D eigenvalue weighted by molar-refractivity contribution is 4.98. The van der Waals surface area contributed by atoms with Gasteiger partial charge in [0.2, 0.25) is 11.8 Å². The van der Waals surface area contributed by atoms with Gasteiger partial charge in [0.15, 0.2) is 0 Å². The van der Waals surface area contributed by atoms with Crippen molar-refractivity contribution in [3.63, 3.8) is 0 Å². The lowest BCUT2D eigenvalue weighted by Gasteiger charge is -2.16. The third kappa shape index (κ3) is 3.30. The molecule has 0 spiro atoms. The average Bonchev–Trinajstić information content (AvgIpc) is 2.68. The molecule has 0 saturated carbocycles. The van der Waals surface area contributed by atoms with E-state index in [1.807, 2.05) is 0 Å². The van der Waals surface area contributed by atoms with E-state index in [1.165, 1.54) is 0 Å². The first-order valence-corrected chi connectivity index (χ1v) is 5.63. The van der Waals surface area contributed by atoms with Crippen molar-refractivity contribution in [2.45, 2.75) is 52.5 Å². The van der Waals surface area contributed by atoms with E-state index in [2.05, 4.69) is 43.2 Å². The van der Waals surface area contributed by atoms with E-state index in [0.717, 1.165) is 25.3 Å². The maximum absolute atomic E-state index is 5.60. The van der Waals surface area contributed by atoms with Crippen LogP contribution < -0.4 is 5.32 Å². The lowest BCUT2D eigenvalue weighted by Crippen LogP contribution is -2.16. The summed E-state index contributed by atoms with van der Waals surface area (Å²) >= 11 is 0. The molecular formula is C11H21N3O. The predicted molar refractivity (Wildman–Crippen MR) is 59.6 cm³/mol. The molecule has 0 unspecified atom stereocenters. The highest BCUT2D eigenvalue weighted by Crippen LogP contribution is 2.24. The van der Waals surface area contributed by atoms with Gasteiger partial charge in [-0.1, -0.05) is 27.7 Å². The molecule has 4 heteroatoms. The Morgan fingerprint density at radius 3 is 2.60 bits per heavy atom. The van der Waals surface area contributed by atoms with Gasteiger partial charge in [-0.25, -0.2) is 0 Å². The Balaban J connectivity index is 2.56. The number of aromatic nitrogens is 2.